The van der Waals surface area contributed by atoms with E-state index >= 15 is 0 Å². The fraction of sp³-hybridized carbons (Fsp3) is 0.471. The van der Waals surface area contributed by atoms with E-state index in [1.807, 2.05) is 30.0 Å². The number of aromatic nitrogens is 3. The molecule has 1 fully saturated rings. The third-order valence-corrected chi connectivity index (χ3v) is 4.25. The number of halogens is 3. The van der Waals surface area contributed by atoms with Gasteiger partial charge in [0.25, 0.3) is 0 Å². The lowest BCUT2D eigenvalue weighted by Gasteiger charge is -2.34. The average Bonchev–Trinajstić information content (AvgIpc) is 2.61. The second-order valence-electron chi connectivity index (χ2n) is 6.47. The molecular weight excluding hydrogens is 345 g/mol. The molecule has 2 aromatic heterocycles. The maximum absolute atomic E-state index is 12.7. The number of anilines is 3. The van der Waals surface area contributed by atoms with E-state index in [1.54, 1.807) is 6.20 Å². The summed E-state index contributed by atoms with van der Waals surface area (Å²) < 4.78 is 38.0. The third kappa shape index (κ3) is 4.33. The minimum absolute atomic E-state index is 0.102. The summed E-state index contributed by atoms with van der Waals surface area (Å²) >= 11 is 0. The molecule has 2 aromatic rings. The Hall–Kier alpha value is -2.58. The molecular formula is C17H21F3N6. The van der Waals surface area contributed by atoms with E-state index < -0.39 is 11.7 Å². The average molecular weight is 366 g/mol. The number of piperidine rings is 1. The highest BCUT2D eigenvalue weighted by molar-refractivity contribution is 5.44. The van der Waals surface area contributed by atoms with Crippen LogP contribution in [0.1, 0.15) is 18.4 Å². The van der Waals surface area contributed by atoms with Crippen LogP contribution in [0.15, 0.2) is 30.6 Å². The van der Waals surface area contributed by atoms with Crippen molar-refractivity contribution in [3.63, 3.8) is 0 Å². The molecule has 0 amide bonds. The molecule has 1 aliphatic rings. The number of pyridine rings is 1. The first kappa shape index (κ1) is 18.2. The lowest BCUT2D eigenvalue weighted by atomic mass is 10.1. The van der Waals surface area contributed by atoms with Crippen molar-refractivity contribution in [1.82, 2.24) is 15.0 Å². The van der Waals surface area contributed by atoms with Gasteiger partial charge in [-0.25, -0.2) is 9.97 Å². The van der Waals surface area contributed by atoms with Crippen molar-refractivity contribution in [3.05, 3.63) is 36.2 Å². The van der Waals surface area contributed by atoms with Crippen LogP contribution >= 0.6 is 0 Å². The van der Waals surface area contributed by atoms with Crippen LogP contribution in [-0.4, -0.2) is 48.2 Å². The van der Waals surface area contributed by atoms with Crippen LogP contribution in [0.3, 0.4) is 0 Å². The summed E-state index contributed by atoms with van der Waals surface area (Å²) in [6.07, 6.45) is 0.0610. The predicted molar refractivity (Wildman–Crippen MR) is 94.5 cm³/mol. The summed E-state index contributed by atoms with van der Waals surface area (Å²) in [5.41, 5.74) is -0.734. The third-order valence-electron chi connectivity index (χ3n) is 4.25. The fourth-order valence-corrected chi connectivity index (χ4v) is 2.89. The number of nitrogens with one attached hydrogen (secondary N) is 1. The number of nitrogens with zero attached hydrogens (tertiary/aromatic N) is 5. The van der Waals surface area contributed by atoms with E-state index in [0.29, 0.717) is 18.3 Å². The highest BCUT2D eigenvalue weighted by atomic mass is 19.4. The lowest BCUT2D eigenvalue weighted by molar-refractivity contribution is -0.137. The molecule has 1 N–H and O–H groups in total. The van der Waals surface area contributed by atoms with Crippen LogP contribution < -0.4 is 15.1 Å². The van der Waals surface area contributed by atoms with Crippen molar-refractivity contribution in [3.8, 4) is 0 Å². The Bertz CT molecular complexity index is 732. The Labute approximate surface area is 150 Å². The van der Waals surface area contributed by atoms with Crippen molar-refractivity contribution in [2.24, 2.45) is 0 Å². The van der Waals surface area contributed by atoms with Gasteiger partial charge in [-0.05, 0) is 31.0 Å². The van der Waals surface area contributed by atoms with Gasteiger partial charge in [0.05, 0.1) is 5.56 Å². The normalized spacial score (nSPS) is 17.9. The molecule has 3 heterocycles. The van der Waals surface area contributed by atoms with Crippen LogP contribution in [0.25, 0.3) is 0 Å². The number of hydrogen-bond acceptors (Lipinski definition) is 6. The molecule has 1 unspecified atom stereocenters. The highest BCUT2D eigenvalue weighted by Gasteiger charge is 2.31. The SMILES string of the molecule is CN(C)c1ccnc(NC2CCCN(c3ccc(C(F)(F)F)cn3)C2)n1. The molecule has 0 spiro atoms. The molecule has 9 heteroatoms. The van der Waals surface area contributed by atoms with Gasteiger partial charge in [-0.1, -0.05) is 0 Å². The van der Waals surface area contributed by atoms with Gasteiger partial charge in [0, 0.05) is 45.6 Å². The van der Waals surface area contributed by atoms with Crippen LogP contribution in [0.5, 0.6) is 0 Å². The Morgan fingerprint density at radius 2 is 2.00 bits per heavy atom. The van der Waals surface area contributed by atoms with Crippen LogP contribution in [0, 0.1) is 0 Å². The number of alkyl halides is 3. The molecule has 0 bridgehead atoms. The van der Waals surface area contributed by atoms with E-state index in [4.69, 9.17) is 0 Å². The zero-order valence-electron chi connectivity index (χ0n) is 14.7. The van der Waals surface area contributed by atoms with Crippen LogP contribution in [0.2, 0.25) is 0 Å². The summed E-state index contributed by atoms with van der Waals surface area (Å²) in [6.45, 7) is 1.39. The standard InChI is InChI=1S/C17H21F3N6/c1-25(2)15-7-8-21-16(24-15)23-13-4-3-9-26(11-13)14-6-5-12(10-22-14)17(18,19)20/h5-8,10,13H,3-4,9,11H2,1-2H3,(H,21,23,24). The molecule has 26 heavy (non-hydrogen) atoms. The molecule has 3 rings (SSSR count). The Morgan fingerprint density at radius 1 is 1.19 bits per heavy atom. The van der Waals surface area contributed by atoms with Gasteiger partial charge in [0.2, 0.25) is 5.95 Å². The molecule has 6 nitrogen and oxygen atoms in total. The number of rotatable bonds is 4. The molecule has 1 saturated heterocycles. The van der Waals surface area contributed by atoms with Gasteiger partial charge in [-0.15, -0.1) is 0 Å². The molecule has 0 saturated carbocycles. The fourth-order valence-electron chi connectivity index (χ4n) is 2.89. The van der Waals surface area contributed by atoms with Gasteiger partial charge in [0.1, 0.15) is 11.6 Å². The van der Waals surface area contributed by atoms with E-state index in [-0.39, 0.29) is 6.04 Å². The van der Waals surface area contributed by atoms with Crippen molar-refractivity contribution < 1.29 is 13.2 Å². The quantitative estimate of drug-likeness (QED) is 0.898. The lowest BCUT2D eigenvalue weighted by Crippen LogP contribution is -2.42. The zero-order chi connectivity index (χ0) is 18.7. The van der Waals surface area contributed by atoms with Crippen LogP contribution in [-0.2, 0) is 6.18 Å². The van der Waals surface area contributed by atoms with Crippen molar-refractivity contribution in [2.75, 3.05) is 42.3 Å². The Balaban J connectivity index is 1.67. The molecule has 0 aromatic carbocycles. The molecule has 0 aliphatic carbocycles. The minimum atomic E-state index is -4.37. The largest absolute Gasteiger partial charge is 0.417 e. The molecule has 0 radical (unpaired) electrons. The van der Waals surface area contributed by atoms with Crippen LogP contribution in [0.4, 0.5) is 30.8 Å². The first-order valence-electron chi connectivity index (χ1n) is 8.38. The van der Waals surface area contributed by atoms with Gasteiger partial charge in [-0.2, -0.15) is 18.2 Å². The molecule has 140 valence electrons. The molecule has 1 atom stereocenters. The summed E-state index contributed by atoms with van der Waals surface area (Å²) in [7, 11) is 3.81. The summed E-state index contributed by atoms with van der Waals surface area (Å²) in [4.78, 5) is 16.6. The van der Waals surface area contributed by atoms with Gasteiger partial charge in [0.15, 0.2) is 0 Å². The monoisotopic (exact) mass is 366 g/mol. The molecule has 1 aliphatic heterocycles. The Kier molecular flexibility index (Phi) is 5.15. The van der Waals surface area contributed by atoms with Crippen molar-refractivity contribution >= 4 is 17.6 Å². The van der Waals surface area contributed by atoms with Gasteiger partial charge < -0.3 is 15.1 Å². The maximum atomic E-state index is 12.7. The first-order valence-corrected chi connectivity index (χ1v) is 8.38. The topological polar surface area (TPSA) is 57.2 Å². The number of hydrogen-bond donors (Lipinski definition) is 1. The Morgan fingerprint density at radius 3 is 2.65 bits per heavy atom. The highest BCUT2D eigenvalue weighted by Crippen LogP contribution is 2.30. The summed E-state index contributed by atoms with van der Waals surface area (Å²) in [5.74, 6) is 1.90. The van der Waals surface area contributed by atoms with E-state index in [1.165, 1.54) is 6.07 Å². The maximum Gasteiger partial charge on any atom is 0.417 e. The smallest absolute Gasteiger partial charge is 0.363 e. The zero-order valence-corrected chi connectivity index (χ0v) is 14.7. The summed E-state index contributed by atoms with van der Waals surface area (Å²) in [5, 5.41) is 3.31. The van der Waals surface area contributed by atoms with E-state index in [2.05, 4.69) is 20.3 Å². The van der Waals surface area contributed by atoms with E-state index in [0.717, 1.165) is 37.5 Å². The second-order valence-corrected chi connectivity index (χ2v) is 6.47. The first-order chi connectivity index (χ1) is 12.3. The van der Waals surface area contributed by atoms with Gasteiger partial charge >= 0.3 is 6.18 Å². The van der Waals surface area contributed by atoms with E-state index in [9.17, 15) is 13.2 Å². The second kappa shape index (κ2) is 7.35. The van der Waals surface area contributed by atoms with Gasteiger partial charge in [-0.3, -0.25) is 0 Å². The summed E-state index contributed by atoms with van der Waals surface area (Å²) in [6, 6.07) is 4.42. The van der Waals surface area contributed by atoms with Crippen molar-refractivity contribution in [2.45, 2.75) is 25.1 Å². The van der Waals surface area contributed by atoms with Crippen molar-refractivity contribution in [1.29, 1.82) is 0 Å². The predicted octanol–water partition coefficient (Wildman–Crippen LogP) is 3.04. The minimum Gasteiger partial charge on any atom is -0.363 e.